The highest BCUT2D eigenvalue weighted by Crippen LogP contribution is 2.30. The Morgan fingerprint density at radius 3 is 2.95 bits per heavy atom. The van der Waals surface area contributed by atoms with E-state index < -0.39 is 0 Å². The molecule has 1 atom stereocenters. The van der Waals surface area contributed by atoms with Crippen molar-refractivity contribution in [1.82, 2.24) is 4.90 Å². The van der Waals surface area contributed by atoms with Crippen LogP contribution >= 0.6 is 11.3 Å². The summed E-state index contributed by atoms with van der Waals surface area (Å²) >= 11 is 1.68. The highest BCUT2D eigenvalue weighted by Gasteiger charge is 2.25. The third kappa shape index (κ3) is 2.84. The molecule has 1 aromatic rings. The maximum Gasteiger partial charge on any atom is 0.264 e. The van der Waals surface area contributed by atoms with E-state index in [1.807, 2.05) is 4.90 Å². The minimum Gasteiger partial charge on any atom is -0.391 e. The van der Waals surface area contributed by atoms with E-state index in [4.69, 9.17) is 0 Å². The van der Waals surface area contributed by atoms with E-state index in [0.29, 0.717) is 6.54 Å². The Hall–Kier alpha value is -0.870. The van der Waals surface area contributed by atoms with Crippen molar-refractivity contribution in [2.45, 2.75) is 51.0 Å². The summed E-state index contributed by atoms with van der Waals surface area (Å²) in [4.78, 5) is 16.6. The number of thiophene rings is 1. The number of aliphatic hydroxyl groups is 1. The minimum absolute atomic E-state index is 0.122. The second kappa shape index (κ2) is 5.63. The molecule has 1 amide bonds. The van der Waals surface area contributed by atoms with Gasteiger partial charge in [0.1, 0.15) is 0 Å². The Morgan fingerprint density at radius 2 is 2.11 bits per heavy atom. The van der Waals surface area contributed by atoms with Gasteiger partial charge in [0.05, 0.1) is 11.0 Å². The van der Waals surface area contributed by atoms with E-state index >= 15 is 0 Å². The molecule has 0 unspecified atom stereocenters. The second-order valence-corrected chi connectivity index (χ2v) is 6.80. The van der Waals surface area contributed by atoms with E-state index in [1.54, 1.807) is 11.3 Å². The Kier molecular flexibility index (Phi) is 3.89. The zero-order valence-corrected chi connectivity index (χ0v) is 12.0. The number of fused-ring (bicyclic) bond motifs is 1. The third-order valence-electron chi connectivity index (χ3n) is 4.14. The van der Waals surface area contributed by atoms with Crippen LogP contribution in [0.5, 0.6) is 0 Å². The van der Waals surface area contributed by atoms with Crippen LogP contribution in [-0.4, -0.2) is 35.1 Å². The largest absolute Gasteiger partial charge is 0.391 e. The molecule has 0 radical (unpaired) electrons. The maximum atomic E-state index is 12.5. The van der Waals surface area contributed by atoms with Crippen molar-refractivity contribution >= 4 is 17.2 Å². The van der Waals surface area contributed by atoms with E-state index in [9.17, 15) is 9.90 Å². The number of aliphatic hydroxyl groups excluding tert-OH is 1. The predicted octanol–water partition coefficient (Wildman–Crippen LogP) is 2.61. The van der Waals surface area contributed by atoms with Crippen LogP contribution in [0.1, 0.15) is 52.2 Å². The average Bonchev–Trinajstić information content (AvgIpc) is 2.69. The Morgan fingerprint density at radius 1 is 1.26 bits per heavy atom. The van der Waals surface area contributed by atoms with E-state index in [-0.39, 0.29) is 12.0 Å². The van der Waals surface area contributed by atoms with Crippen LogP contribution in [0.2, 0.25) is 0 Å². The van der Waals surface area contributed by atoms with E-state index in [1.165, 1.54) is 29.7 Å². The number of likely N-dealkylation sites (tertiary alicyclic amines) is 1. The molecular formula is C15H21NO2S. The summed E-state index contributed by atoms with van der Waals surface area (Å²) in [6.45, 7) is 1.29. The topological polar surface area (TPSA) is 40.5 Å². The Bertz CT molecular complexity index is 445. The quantitative estimate of drug-likeness (QED) is 0.803. The van der Waals surface area contributed by atoms with Crippen LogP contribution in [0.15, 0.2) is 6.07 Å². The first kappa shape index (κ1) is 13.1. The Labute approximate surface area is 118 Å². The number of aryl methyl sites for hydroxylation is 2. The zero-order valence-electron chi connectivity index (χ0n) is 11.2. The zero-order chi connectivity index (χ0) is 13.2. The number of carbonyl (C=O) groups excluding carboxylic acids is 1. The number of hydrogen-bond donors (Lipinski definition) is 1. The first-order chi connectivity index (χ1) is 9.24. The maximum absolute atomic E-state index is 12.5. The number of hydrogen-bond acceptors (Lipinski definition) is 3. The third-order valence-corrected chi connectivity index (χ3v) is 5.37. The van der Waals surface area contributed by atoms with Gasteiger partial charge in [0.2, 0.25) is 0 Å². The molecule has 0 aromatic carbocycles. The molecule has 0 bridgehead atoms. The van der Waals surface area contributed by atoms with E-state index in [0.717, 1.165) is 37.1 Å². The molecule has 1 saturated heterocycles. The molecule has 104 valence electrons. The lowest BCUT2D eigenvalue weighted by Crippen LogP contribution is -2.41. The highest BCUT2D eigenvalue weighted by atomic mass is 32.1. The van der Waals surface area contributed by atoms with Crippen LogP contribution in [0.4, 0.5) is 0 Å². The minimum atomic E-state index is -0.338. The molecule has 1 aliphatic heterocycles. The highest BCUT2D eigenvalue weighted by molar-refractivity contribution is 7.14. The molecular weight excluding hydrogens is 258 g/mol. The fourth-order valence-corrected chi connectivity index (χ4v) is 4.29. The number of β-amino-alcohol motifs (C(OH)–C–C–N with tert-alkyl or cyclic N) is 1. The Balaban J connectivity index is 1.76. The smallest absolute Gasteiger partial charge is 0.264 e. The number of piperidine rings is 1. The molecule has 0 saturated carbocycles. The summed E-state index contributed by atoms with van der Waals surface area (Å²) in [7, 11) is 0. The van der Waals surface area contributed by atoms with Gasteiger partial charge in [-0.2, -0.15) is 0 Å². The molecule has 19 heavy (non-hydrogen) atoms. The number of amides is 1. The number of rotatable bonds is 1. The molecule has 1 fully saturated rings. The van der Waals surface area contributed by atoms with Gasteiger partial charge in [-0.1, -0.05) is 6.42 Å². The second-order valence-electron chi connectivity index (χ2n) is 5.67. The summed E-state index contributed by atoms with van der Waals surface area (Å²) < 4.78 is 0. The molecule has 4 heteroatoms. The summed E-state index contributed by atoms with van der Waals surface area (Å²) in [5, 5.41) is 9.68. The van der Waals surface area contributed by atoms with Gasteiger partial charge in [-0.3, -0.25) is 4.79 Å². The standard InChI is InChI=1S/C15H21NO2S/c17-12-6-4-8-16(10-12)15(18)14-9-11-5-2-1-3-7-13(11)19-14/h9,12,17H,1-8,10H2/t12-/m0/s1. The predicted molar refractivity (Wildman–Crippen MR) is 76.7 cm³/mol. The molecule has 2 heterocycles. The molecule has 3 nitrogen and oxygen atoms in total. The summed E-state index contributed by atoms with van der Waals surface area (Å²) in [6.07, 6.45) is 7.47. The molecule has 1 aliphatic carbocycles. The van der Waals surface area contributed by atoms with Gasteiger partial charge in [0.15, 0.2) is 0 Å². The number of carbonyl (C=O) groups is 1. The molecule has 1 N–H and O–H groups in total. The van der Waals surface area contributed by atoms with Crippen molar-refractivity contribution in [1.29, 1.82) is 0 Å². The van der Waals surface area contributed by atoms with Crippen LogP contribution in [0.25, 0.3) is 0 Å². The fraction of sp³-hybridized carbons (Fsp3) is 0.667. The van der Waals surface area contributed by atoms with Gasteiger partial charge in [-0.15, -0.1) is 11.3 Å². The van der Waals surface area contributed by atoms with Crippen molar-refractivity contribution in [2.24, 2.45) is 0 Å². The summed E-state index contributed by atoms with van der Waals surface area (Å²) in [5.41, 5.74) is 1.39. The van der Waals surface area contributed by atoms with Crippen LogP contribution in [0, 0.1) is 0 Å². The average molecular weight is 279 g/mol. The monoisotopic (exact) mass is 279 g/mol. The number of nitrogens with zero attached hydrogens (tertiary/aromatic N) is 1. The molecule has 1 aromatic heterocycles. The summed E-state index contributed by atoms with van der Waals surface area (Å²) in [6, 6.07) is 2.11. The van der Waals surface area contributed by atoms with Crippen molar-refractivity contribution in [3.05, 3.63) is 21.4 Å². The van der Waals surface area contributed by atoms with Crippen LogP contribution < -0.4 is 0 Å². The van der Waals surface area contributed by atoms with Crippen LogP contribution in [-0.2, 0) is 12.8 Å². The van der Waals surface area contributed by atoms with Crippen molar-refractivity contribution in [3.8, 4) is 0 Å². The van der Waals surface area contributed by atoms with Gasteiger partial charge < -0.3 is 10.0 Å². The van der Waals surface area contributed by atoms with Crippen LogP contribution in [0.3, 0.4) is 0 Å². The fourth-order valence-electron chi connectivity index (χ4n) is 3.07. The van der Waals surface area contributed by atoms with Gasteiger partial charge >= 0.3 is 0 Å². The van der Waals surface area contributed by atoms with E-state index in [2.05, 4.69) is 6.07 Å². The molecule has 3 rings (SSSR count). The SMILES string of the molecule is O=C(c1cc2c(s1)CCCCC2)N1CCC[C@H](O)C1. The molecule has 0 spiro atoms. The van der Waals surface area contributed by atoms with Gasteiger partial charge in [-0.05, 0) is 50.2 Å². The van der Waals surface area contributed by atoms with Gasteiger partial charge in [0, 0.05) is 18.0 Å². The van der Waals surface area contributed by atoms with Crippen molar-refractivity contribution in [2.75, 3.05) is 13.1 Å². The van der Waals surface area contributed by atoms with Crippen molar-refractivity contribution in [3.63, 3.8) is 0 Å². The normalized spacial score (nSPS) is 23.8. The lowest BCUT2D eigenvalue weighted by molar-refractivity contribution is 0.0477. The lowest BCUT2D eigenvalue weighted by Gasteiger charge is -2.29. The first-order valence-electron chi connectivity index (χ1n) is 7.33. The first-order valence-corrected chi connectivity index (χ1v) is 8.14. The van der Waals surface area contributed by atoms with Crippen molar-refractivity contribution < 1.29 is 9.90 Å². The van der Waals surface area contributed by atoms with Gasteiger partial charge in [-0.25, -0.2) is 0 Å². The summed E-state index contributed by atoms with van der Waals surface area (Å²) in [5.74, 6) is 0.122. The molecule has 2 aliphatic rings. The lowest BCUT2D eigenvalue weighted by atomic mass is 10.1. The van der Waals surface area contributed by atoms with Gasteiger partial charge in [0.25, 0.3) is 5.91 Å².